The van der Waals surface area contributed by atoms with Gasteiger partial charge in [0.05, 0.1) is 11.8 Å². The molecule has 2 atom stereocenters. The number of nitrogens with two attached hydrogens (primary N) is 1. The first-order chi connectivity index (χ1) is 18.1. The number of piperidine rings is 1. The lowest BCUT2D eigenvalue weighted by atomic mass is 10.0. The summed E-state index contributed by atoms with van der Waals surface area (Å²) >= 11 is 0. The third kappa shape index (κ3) is 7.20. The summed E-state index contributed by atoms with van der Waals surface area (Å²) < 4.78 is 40.1. The molecule has 1 aliphatic rings. The van der Waals surface area contributed by atoms with Crippen molar-refractivity contribution in [3.05, 3.63) is 62.9 Å². The number of aromatic nitrogens is 2. The van der Waals surface area contributed by atoms with Gasteiger partial charge in [0.15, 0.2) is 12.2 Å². The van der Waals surface area contributed by atoms with Gasteiger partial charge >= 0.3 is 5.69 Å². The summed E-state index contributed by atoms with van der Waals surface area (Å²) in [7, 11) is -2.70. The summed E-state index contributed by atoms with van der Waals surface area (Å²) in [5.41, 5.74) is 3.92. The number of anilines is 1. The predicted octanol–water partition coefficient (Wildman–Crippen LogP) is -0.608. The van der Waals surface area contributed by atoms with Gasteiger partial charge in [-0.3, -0.25) is 24.3 Å². The van der Waals surface area contributed by atoms with Crippen LogP contribution in [-0.2, 0) is 43.3 Å². The molecule has 38 heavy (non-hydrogen) atoms. The number of rotatable bonds is 11. The number of guanidine groups is 1. The number of methoxy groups -OCH3 is 1. The number of amides is 1. The standard InChI is InChI=1S/C23H33N7O7S/c1-3-37-21-17(10-7-11-29(21)22(24)25)26-19(31)13-30-20(32)18(12-28(15-36-2)23(30)33)27-38(34,35)14-16-8-5-4-6-9-16/h4-6,8-9,12,17,21,27H,3,7,10-11,13-15H2,1-2H3,(H3,24,25)(H,26,31). The van der Waals surface area contributed by atoms with Crippen LogP contribution in [0.15, 0.2) is 46.1 Å². The van der Waals surface area contributed by atoms with Crippen molar-refractivity contribution < 1.29 is 22.7 Å². The van der Waals surface area contributed by atoms with Crippen molar-refractivity contribution in [2.24, 2.45) is 5.73 Å². The fourth-order valence-corrected chi connectivity index (χ4v) is 5.41. The molecule has 15 heteroatoms. The Morgan fingerprint density at radius 3 is 2.58 bits per heavy atom. The smallest absolute Gasteiger partial charge is 0.333 e. The van der Waals surface area contributed by atoms with Crippen LogP contribution in [0, 0.1) is 5.41 Å². The number of carbonyl (C=O) groups is 1. The van der Waals surface area contributed by atoms with Gasteiger partial charge in [0.2, 0.25) is 15.9 Å². The lowest BCUT2D eigenvalue weighted by Crippen LogP contribution is -2.60. The predicted molar refractivity (Wildman–Crippen MR) is 140 cm³/mol. The maximum Gasteiger partial charge on any atom is 0.333 e. The quantitative estimate of drug-likeness (QED) is 0.208. The van der Waals surface area contributed by atoms with Crippen molar-refractivity contribution >= 4 is 27.6 Å². The molecule has 5 N–H and O–H groups in total. The summed E-state index contributed by atoms with van der Waals surface area (Å²) in [4.78, 5) is 40.6. The molecule has 3 rings (SSSR count). The van der Waals surface area contributed by atoms with E-state index in [1.165, 1.54) is 12.0 Å². The second-order valence-electron chi connectivity index (χ2n) is 8.69. The molecule has 0 aliphatic carbocycles. The van der Waals surface area contributed by atoms with E-state index in [2.05, 4.69) is 10.0 Å². The van der Waals surface area contributed by atoms with Crippen LogP contribution in [0.25, 0.3) is 0 Å². The molecule has 208 valence electrons. The van der Waals surface area contributed by atoms with Crippen molar-refractivity contribution in [2.75, 3.05) is 25.0 Å². The summed E-state index contributed by atoms with van der Waals surface area (Å²) in [5, 5.41) is 10.5. The maximum atomic E-state index is 13.1. The van der Waals surface area contributed by atoms with E-state index in [0.717, 1.165) is 10.8 Å². The van der Waals surface area contributed by atoms with Crippen molar-refractivity contribution in [2.45, 2.75) is 51.1 Å². The molecule has 1 aromatic heterocycles. The zero-order valence-electron chi connectivity index (χ0n) is 21.3. The molecule has 1 aliphatic heterocycles. The second kappa shape index (κ2) is 12.7. The van der Waals surface area contributed by atoms with Crippen LogP contribution in [0.2, 0.25) is 0 Å². The number of carbonyl (C=O) groups excluding carboxylic acids is 1. The minimum atomic E-state index is -4.02. The summed E-state index contributed by atoms with van der Waals surface area (Å²) in [6.45, 7) is 1.61. The van der Waals surface area contributed by atoms with Crippen LogP contribution in [0.4, 0.5) is 5.69 Å². The number of hydrogen-bond acceptors (Lipinski definition) is 8. The molecule has 0 bridgehead atoms. The molecule has 1 aromatic carbocycles. The molecule has 1 amide bonds. The van der Waals surface area contributed by atoms with Crippen LogP contribution in [0.1, 0.15) is 25.3 Å². The van der Waals surface area contributed by atoms with Gasteiger partial charge in [0, 0.05) is 26.5 Å². The molecule has 2 aromatic rings. The number of nitrogens with zero attached hydrogens (tertiary/aromatic N) is 3. The van der Waals surface area contributed by atoms with Gasteiger partial charge in [-0.2, -0.15) is 0 Å². The summed E-state index contributed by atoms with van der Waals surface area (Å²) in [6.07, 6.45) is 1.52. The SMILES string of the molecule is CCOC1C(NC(=O)Cn2c(=O)c(NS(=O)(=O)Cc3ccccc3)cn(COC)c2=O)CCCN1C(=N)N. The molecule has 2 heterocycles. The Morgan fingerprint density at radius 1 is 1.24 bits per heavy atom. The average Bonchev–Trinajstić information content (AvgIpc) is 2.86. The lowest BCUT2D eigenvalue weighted by molar-refractivity contribution is -0.127. The van der Waals surface area contributed by atoms with E-state index in [1.807, 2.05) is 0 Å². The number of nitrogens with one attached hydrogen (secondary N) is 3. The van der Waals surface area contributed by atoms with Gasteiger partial charge in [-0.25, -0.2) is 17.8 Å². The van der Waals surface area contributed by atoms with Gasteiger partial charge in [0.25, 0.3) is 5.56 Å². The normalized spacial score (nSPS) is 17.7. The van der Waals surface area contributed by atoms with Gasteiger partial charge in [-0.15, -0.1) is 0 Å². The van der Waals surface area contributed by atoms with Crippen molar-refractivity contribution in [1.29, 1.82) is 5.41 Å². The summed E-state index contributed by atoms with van der Waals surface area (Å²) in [6, 6.07) is 7.82. The summed E-state index contributed by atoms with van der Waals surface area (Å²) in [5.74, 6) is -1.27. The number of benzene rings is 1. The highest BCUT2D eigenvalue weighted by molar-refractivity contribution is 7.91. The third-order valence-electron chi connectivity index (χ3n) is 5.83. The molecule has 0 spiro atoms. The number of sulfonamides is 1. The monoisotopic (exact) mass is 551 g/mol. The van der Waals surface area contributed by atoms with E-state index < -0.39 is 57.4 Å². The zero-order valence-corrected chi connectivity index (χ0v) is 22.1. The zero-order chi connectivity index (χ0) is 27.9. The highest BCUT2D eigenvalue weighted by Gasteiger charge is 2.34. The molecule has 1 fully saturated rings. The molecular formula is C23H33N7O7S. The minimum Gasteiger partial charge on any atom is -0.370 e. The van der Waals surface area contributed by atoms with E-state index >= 15 is 0 Å². The molecule has 0 saturated carbocycles. The van der Waals surface area contributed by atoms with Crippen LogP contribution >= 0.6 is 0 Å². The fourth-order valence-electron chi connectivity index (χ4n) is 4.23. The van der Waals surface area contributed by atoms with E-state index in [0.29, 0.717) is 36.1 Å². The van der Waals surface area contributed by atoms with E-state index in [1.54, 1.807) is 37.3 Å². The number of likely N-dealkylation sites (tertiary alicyclic amines) is 1. The Kier molecular flexibility index (Phi) is 9.66. The van der Waals surface area contributed by atoms with Gasteiger partial charge < -0.3 is 25.4 Å². The van der Waals surface area contributed by atoms with Crippen LogP contribution in [0.5, 0.6) is 0 Å². The topological polar surface area (TPSA) is 191 Å². The fraction of sp³-hybridized carbons (Fsp3) is 0.478. The number of ether oxygens (including phenoxy) is 2. The molecule has 0 radical (unpaired) electrons. The van der Waals surface area contributed by atoms with Gasteiger partial charge in [-0.1, -0.05) is 30.3 Å². The number of hydrogen-bond donors (Lipinski definition) is 4. The van der Waals surface area contributed by atoms with Crippen molar-refractivity contribution in [1.82, 2.24) is 19.4 Å². The van der Waals surface area contributed by atoms with Gasteiger partial charge in [-0.05, 0) is 25.3 Å². The first-order valence-corrected chi connectivity index (χ1v) is 13.6. The average molecular weight is 552 g/mol. The Hall–Kier alpha value is -3.69. The van der Waals surface area contributed by atoms with Crippen molar-refractivity contribution in [3.63, 3.8) is 0 Å². The Labute approximate surface area is 219 Å². The lowest BCUT2D eigenvalue weighted by Gasteiger charge is -2.41. The van der Waals surface area contributed by atoms with E-state index in [-0.39, 0.29) is 12.7 Å². The van der Waals surface area contributed by atoms with Crippen molar-refractivity contribution in [3.8, 4) is 0 Å². The molecule has 1 saturated heterocycles. The van der Waals surface area contributed by atoms with Crippen LogP contribution in [0.3, 0.4) is 0 Å². The Balaban J connectivity index is 1.86. The Bertz CT molecular complexity index is 1360. The minimum absolute atomic E-state index is 0.198. The first-order valence-electron chi connectivity index (χ1n) is 12.0. The van der Waals surface area contributed by atoms with E-state index in [9.17, 15) is 22.8 Å². The molecule has 14 nitrogen and oxygen atoms in total. The van der Waals surface area contributed by atoms with E-state index in [4.69, 9.17) is 20.6 Å². The Morgan fingerprint density at radius 2 is 1.95 bits per heavy atom. The first kappa shape index (κ1) is 28.9. The maximum absolute atomic E-state index is 13.1. The largest absolute Gasteiger partial charge is 0.370 e. The van der Waals surface area contributed by atoms with Gasteiger partial charge in [0.1, 0.15) is 19.0 Å². The molecular weight excluding hydrogens is 518 g/mol. The third-order valence-corrected chi connectivity index (χ3v) is 7.08. The van der Waals surface area contributed by atoms with Crippen LogP contribution in [-0.4, -0.2) is 66.8 Å². The second-order valence-corrected chi connectivity index (χ2v) is 10.4. The molecule has 2 unspecified atom stereocenters. The highest BCUT2D eigenvalue weighted by atomic mass is 32.2. The van der Waals surface area contributed by atoms with Crippen LogP contribution < -0.4 is 27.0 Å². The highest BCUT2D eigenvalue weighted by Crippen LogP contribution is 2.18.